The van der Waals surface area contributed by atoms with Crippen LogP contribution in [0.2, 0.25) is 0 Å². The average Bonchev–Trinajstić information content (AvgIpc) is 2.15. The van der Waals surface area contributed by atoms with Crippen LogP contribution in [0.5, 0.6) is 0 Å². The fourth-order valence-electron chi connectivity index (χ4n) is 1.83. The molecule has 0 bridgehead atoms. The Morgan fingerprint density at radius 2 is 1.94 bits per heavy atom. The topological polar surface area (TPSA) is 29.3 Å². The molecule has 0 radical (unpaired) electrons. The van der Waals surface area contributed by atoms with E-state index in [9.17, 15) is 4.39 Å². The fraction of sp³-hybridized carbons (Fsp3) is 0.538. The summed E-state index contributed by atoms with van der Waals surface area (Å²) in [4.78, 5) is 2.07. The van der Waals surface area contributed by atoms with Crippen molar-refractivity contribution in [3.8, 4) is 0 Å². The summed E-state index contributed by atoms with van der Waals surface area (Å²) >= 11 is 0. The van der Waals surface area contributed by atoms with Gasteiger partial charge in [-0.2, -0.15) is 0 Å². The third-order valence-electron chi connectivity index (χ3n) is 2.67. The van der Waals surface area contributed by atoms with Gasteiger partial charge in [-0.3, -0.25) is 4.90 Å². The highest BCUT2D eigenvalue weighted by molar-refractivity contribution is 5.20. The van der Waals surface area contributed by atoms with Crippen LogP contribution in [-0.2, 0) is 0 Å². The minimum atomic E-state index is -0.270. The van der Waals surface area contributed by atoms with Gasteiger partial charge in [-0.1, -0.05) is 18.2 Å². The first-order valence-electron chi connectivity index (χ1n) is 5.55. The van der Waals surface area contributed by atoms with Gasteiger partial charge >= 0.3 is 0 Å². The molecule has 1 atom stereocenters. The largest absolute Gasteiger partial charge is 0.324 e. The van der Waals surface area contributed by atoms with Gasteiger partial charge in [-0.05, 0) is 33.9 Å². The summed E-state index contributed by atoms with van der Waals surface area (Å²) in [6, 6.07) is 6.91. The fourth-order valence-corrected chi connectivity index (χ4v) is 1.83. The van der Waals surface area contributed by atoms with Crippen molar-refractivity contribution in [3.05, 3.63) is 35.6 Å². The van der Waals surface area contributed by atoms with E-state index in [2.05, 4.69) is 4.90 Å². The van der Waals surface area contributed by atoms with Crippen molar-refractivity contribution >= 4 is 0 Å². The second-order valence-corrected chi connectivity index (χ2v) is 5.10. The highest BCUT2D eigenvalue weighted by atomic mass is 19.1. The maximum Gasteiger partial charge on any atom is 0.127 e. The molecule has 0 heterocycles. The molecule has 0 spiro atoms. The minimum absolute atomic E-state index is 0.0315. The molecule has 1 aromatic carbocycles. The molecule has 0 saturated heterocycles. The van der Waals surface area contributed by atoms with Crippen LogP contribution in [0.25, 0.3) is 0 Å². The molecule has 0 aliphatic carbocycles. The SMILES string of the molecule is CC(c1ccccc1F)N(C)CC(C)(C)N. The lowest BCUT2D eigenvalue weighted by atomic mass is 10.0. The molecule has 3 heteroatoms. The first-order valence-corrected chi connectivity index (χ1v) is 5.55. The number of halogens is 1. The lowest BCUT2D eigenvalue weighted by molar-refractivity contribution is 0.212. The average molecular weight is 224 g/mol. The summed E-state index contributed by atoms with van der Waals surface area (Å²) in [6.07, 6.45) is 0. The Morgan fingerprint density at radius 3 is 2.44 bits per heavy atom. The predicted molar refractivity (Wildman–Crippen MR) is 65.7 cm³/mol. The lowest BCUT2D eigenvalue weighted by Crippen LogP contribution is -2.44. The number of nitrogens with two attached hydrogens (primary N) is 1. The third kappa shape index (κ3) is 3.58. The molecule has 16 heavy (non-hydrogen) atoms. The molecule has 1 unspecified atom stereocenters. The van der Waals surface area contributed by atoms with Crippen molar-refractivity contribution in [1.82, 2.24) is 4.90 Å². The van der Waals surface area contributed by atoms with Crippen molar-refractivity contribution in [2.24, 2.45) is 5.73 Å². The molecular weight excluding hydrogens is 203 g/mol. The van der Waals surface area contributed by atoms with Crippen LogP contribution in [0.3, 0.4) is 0 Å². The molecular formula is C13H21FN2. The molecule has 2 N–H and O–H groups in total. The van der Waals surface area contributed by atoms with E-state index < -0.39 is 0 Å². The van der Waals surface area contributed by atoms with Gasteiger partial charge in [-0.15, -0.1) is 0 Å². The van der Waals surface area contributed by atoms with E-state index in [4.69, 9.17) is 5.73 Å². The zero-order valence-corrected chi connectivity index (χ0v) is 10.5. The Labute approximate surface area is 97.3 Å². The van der Waals surface area contributed by atoms with Crippen LogP contribution < -0.4 is 5.73 Å². The molecule has 0 aliphatic rings. The lowest BCUT2D eigenvalue weighted by Gasteiger charge is -2.31. The van der Waals surface area contributed by atoms with E-state index in [1.165, 1.54) is 6.07 Å². The zero-order chi connectivity index (χ0) is 12.3. The number of rotatable bonds is 4. The molecule has 0 aliphatic heterocycles. The number of nitrogens with zero attached hydrogens (tertiary/aromatic N) is 1. The van der Waals surface area contributed by atoms with Crippen LogP contribution in [0, 0.1) is 5.82 Å². The summed E-state index contributed by atoms with van der Waals surface area (Å²) < 4.78 is 13.6. The standard InChI is InChI=1S/C13H21FN2/c1-10(16(4)9-13(2,3)15)11-7-5-6-8-12(11)14/h5-8,10H,9,15H2,1-4H3. The molecule has 1 rings (SSSR count). The minimum Gasteiger partial charge on any atom is -0.324 e. The van der Waals surface area contributed by atoms with Crippen LogP contribution >= 0.6 is 0 Å². The maximum absolute atomic E-state index is 13.6. The van der Waals surface area contributed by atoms with Crippen molar-refractivity contribution < 1.29 is 4.39 Å². The van der Waals surface area contributed by atoms with E-state index in [1.807, 2.05) is 40.0 Å². The second kappa shape index (κ2) is 4.93. The zero-order valence-electron chi connectivity index (χ0n) is 10.5. The predicted octanol–water partition coefficient (Wildman–Crippen LogP) is 2.56. The monoisotopic (exact) mass is 224 g/mol. The van der Waals surface area contributed by atoms with Gasteiger partial charge < -0.3 is 5.73 Å². The molecule has 2 nitrogen and oxygen atoms in total. The number of likely N-dealkylation sites (N-methyl/N-ethyl adjacent to an activating group) is 1. The quantitative estimate of drug-likeness (QED) is 0.851. The number of hydrogen-bond acceptors (Lipinski definition) is 2. The molecule has 0 saturated carbocycles. The number of benzene rings is 1. The smallest absolute Gasteiger partial charge is 0.127 e. The van der Waals surface area contributed by atoms with Crippen LogP contribution in [0.1, 0.15) is 32.4 Å². The highest BCUT2D eigenvalue weighted by Gasteiger charge is 2.20. The van der Waals surface area contributed by atoms with Gasteiger partial charge in [-0.25, -0.2) is 4.39 Å². The van der Waals surface area contributed by atoms with Gasteiger partial charge in [0.25, 0.3) is 0 Å². The molecule has 0 fully saturated rings. The molecule has 0 aromatic heterocycles. The van der Waals surface area contributed by atoms with Crippen molar-refractivity contribution in [1.29, 1.82) is 0 Å². The summed E-state index contributed by atoms with van der Waals surface area (Å²) in [5.41, 5.74) is 6.40. The third-order valence-corrected chi connectivity index (χ3v) is 2.67. The van der Waals surface area contributed by atoms with Crippen LogP contribution in [0.15, 0.2) is 24.3 Å². The molecule has 0 amide bonds. The van der Waals surface area contributed by atoms with Gasteiger partial charge in [0.15, 0.2) is 0 Å². The normalized spacial score (nSPS) is 14.2. The van der Waals surface area contributed by atoms with E-state index in [0.29, 0.717) is 5.56 Å². The van der Waals surface area contributed by atoms with Gasteiger partial charge in [0.2, 0.25) is 0 Å². The Hall–Kier alpha value is -0.930. The van der Waals surface area contributed by atoms with E-state index >= 15 is 0 Å². The maximum atomic E-state index is 13.6. The summed E-state index contributed by atoms with van der Waals surface area (Å²) in [6.45, 7) is 6.65. The van der Waals surface area contributed by atoms with E-state index in [0.717, 1.165) is 6.54 Å². The Morgan fingerprint density at radius 1 is 1.38 bits per heavy atom. The van der Waals surface area contributed by atoms with Crippen LogP contribution in [0.4, 0.5) is 4.39 Å². The van der Waals surface area contributed by atoms with Crippen molar-refractivity contribution in [2.45, 2.75) is 32.4 Å². The molecule has 90 valence electrons. The van der Waals surface area contributed by atoms with Crippen molar-refractivity contribution in [2.75, 3.05) is 13.6 Å². The summed E-state index contributed by atoms with van der Waals surface area (Å²) in [5.74, 6) is -0.156. The van der Waals surface area contributed by atoms with Gasteiger partial charge in [0.1, 0.15) is 5.82 Å². The Bertz CT molecular complexity index is 344. The van der Waals surface area contributed by atoms with E-state index in [-0.39, 0.29) is 17.4 Å². The van der Waals surface area contributed by atoms with Crippen LogP contribution in [-0.4, -0.2) is 24.0 Å². The highest BCUT2D eigenvalue weighted by Crippen LogP contribution is 2.22. The summed E-state index contributed by atoms with van der Waals surface area (Å²) in [5, 5.41) is 0. The first kappa shape index (κ1) is 13.1. The van der Waals surface area contributed by atoms with Gasteiger partial charge in [0, 0.05) is 23.7 Å². The number of hydrogen-bond donors (Lipinski definition) is 1. The second-order valence-electron chi connectivity index (χ2n) is 5.10. The Balaban J connectivity index is 2.78. The summed E-state index contributed by atoms with van der Waals surface area (Å²) in [7, 11) is 1.96. The van der Waals surface area contributed by atoms with E-state index in [1.54, 1.807) is 6.07 Å². The first-order chi connectivity index (χ1) is 7.31. The van der Waals surface area contributed by atoms with Gasteiger partial charge in [0.05, 0.1) is 0 Å². The Kier molecular flexibility index (Phi) is 4.05. The van der Waals surface area contributed by atoms with Crippen molar-refractivity contribution in [3.63, 3.8) is 0 Å². The molecule has 1 aromatic rings.